The van der Waals surface area contributed by atoms with Gasteiger partial charge in [0, 0.05) is 69.2 Å². The van der Waals surface area contributed by atoms with Crippen LogP contribution in [0, 0.1) is 94.7 Å². The number of phenols is 4. The number of esters is 8. The highest BCUT2D eigenvalue weighted by molar-refractivity contribution is 5.93. The van der Waals surface area contributed by atoms with Gasteiger partial charge >= 0.3 is 47.8 Å². The molecule has 16 saturated carbocycles. The fraction of sp³-hybridized carbons (Fsp3) is 0.517. The van der Waals surface area contributed by atoms with Crippen molar-refractivity contribution < 1.29 is 116 Å². The van der Waals surface area contributed by atoms with E-state index < -0.39 is 133 Å². The average Bonchev–Trinajstić information content (AvgIpc) is 0.732. The van der Waals surface area contributed by atoms with Crippen molar-refractivity contribution in [3.8, 4) is 34.5 Å². The summed E-state index contributed by atoms with van der Waals surface area (Å²) in [6, 6.07) is 37.7. The Morgan fingerprint density at radius 1 is 0.264 bits per heavy atom. The summed E-state index contributed by atoms with van der Waals surface area (Å²) in [4.78, 5) is 114. The predicted octanol–water partition coefficient (Wildman–Crippen LogP) is 19.8. The summed E-state index contributed by atoms with van der Waals surface area (Å²) in [5, 5.41) is 77.1. The number of ether oxygens (including phenoxy) is 10. The SMILES string of the molecule is CCC1(OC(=O)COC(=O)c2ccc(C3c4cc(c(OC)cc4O)C(c4ccc(C(=O)OCC(=O)OC5(CC)C6CC7CC(C6)CC5C7)cc4)c4cc(c(OC)cc4O)C(c4ccc(C(=O)OCC(=O)OC5(CC)C6CC7CC(C6)CC5C7)cc4)c4cc(c(CO)cc4O)C(c4ccc(C(=O)OCC(=O)OC5(CC)C6CC7CC(C6)CC5C7)cc4)c4cc3c(CO)cc4O)cc2)C2CC3CC(C2)CC1C3. The Morgan fingerprint density at radius 2 is 0.457 bits per heavy atom. The van der Waals surface area contributed by atoms with Gasteiger partial charge in [0.1, 0.15) is 56.9 Å². The Morgan fingerprint density at radius 3 is 0.650 bits per heavy atom. The van der Waals surface area contributed by atoms with Gasteiger partial charge in [0.15, 0.2) is 26.4 Å². The van der Waals surface area contributed by atoms with Crippen molar-refractivity contribution in [3.05, 3.63) is 246 Å². The van der Waals surface area contributed by atoms with Crippen LogP contribution in [0.5, 0.6) is 34.5 Å². The molecule has 24 bridgehead atoms. The van der Waals surface area contributed by atoms with Crippen LogP contribution >= 0.6 is 0 Å². The van der Waals surface area contributed by atoms with Crippen LogP contribution in [-0.4, -0.2) is 141 Å². The lowest BCUT2D eigenvalue weighted by Crippen LogP contribution is -2.59. The molecule has 0 amide bonds. The van der Waals surface area contributed by atoms with E-state index in [-0.39, 0.29) is 160 Å². The van der Waals surface area contributed by atoms with Gasteiger partial charge in [-0.25, -0.2) is 38.4 Å². The number of aliphatic hydroxyl groups excluding tert-OH is 2. The second-order valence-corrected chi connectivity index (χ2v) is 43.7. The van der Waals surface area contributed by atoms with Crippen LogP contribution < -0.4 is 9.47 Å². The Hall–Kier alpha value is -11.8. The van der Waals surface area contributed by atoms with E-state index >= 15 is 0 Å². The molecule has 8 aromatic rings. The number of hydrogen-bond acceptors (Lipinski definition) is 24. The zero-order valence-corrected chi connectivity index (χ0v) is 80.6. The number of fused-ring (bicyclic) bond motifs is 8. The fourth-order valence-electron chi connectivity index (χ4n) is 31.4. The van der Waals surface area contributed by atoms with E-state index in [2.05, 4.69) is 27.7 Å². The summed E-state index contributed by atoms with van der Waals surface area (Å²) < 4.78 is 61.9. The lowest BCUT2D eigenvalue weighted by Gasteiger charge is -2.60. The lowest BCUT2D eigenvalue weighted by atomic mass is 9.49. The molecule has 25 rings (SSSR count). The first-order chi connectivity index (χ1) is 67.6. The molecule has 24 heteroatoms. The number of carbonyl (C=O) groups is 8. The second kappa shape index (κ2) is 37.6. The topological polar surface area (TPSA) is 350 Å². The Kier molecular flexibility index (Phi) is 25.4. The van der Waals surface area contributed by atoms with Crippen LogP contribution in [0.3, 0.4) is 0 Å². The molecule has 0 heterocycles. The van der Waals surface area contributed by atoms with Gasteiger partial charge in [0.2, 0.25) is 0 Å². The maximum Gasteiger partial charge on any atom is 0.344 e. The van der Waals surface area contributed by atoms with Gasteiger partial charge in [-0.3, -0.25) is 0 Å². The minimum absolute atomic E-state index is 0.0388. The van der Waals surface area contributed by atoms with Crippen LogP contribution in [-0.2, 0) is 70.3 Å². The number of aliphatic hydroxyl groups is 2. The number of phenolic OH excluding ortho intramolecular Hbond substituents is 4. The quantitative estimate of drug-likeness (QED) is 0.0196. The monoisotopic (exact) mass is 1900 g/mol. The fourth-order valence-corrected chi connectivity index (χ4v) is 31.4. The van der Waals surface area contributed by atoms with Gasteiger partial charge in [-0.15, -0.1) is 0 Å². The predicted molar refractivity (Wildman–Crippen MR) is 513 cm³/mol. The Bertz CT molecular complexity index is 5290. The maximum absolute atomic E-state index is 14.5. The van der Waals surface area contributed by atoms with Gasteiger partial charge < -0.3 is 78.0 Å². The van der Waals surface area contributed by atoms with Crippen molar-refractivity contribution in [1.82, 2.24) is 0 Å². The average molecular weight is 1910 g/mol. The Balaban J connectivity index is 0.687. The van der Waals surface area contributed by atoms with Crippen LogP contribution in [0.2, 0.25) is 0 Å². The van der Waals surface area contributed by atoms with Gasteiger partial charge in [0.05, 0.1) is 49.7 Å². The summed E-state index contributed by atoms with van der Waals surface area (Å²) in [5.74, 6) is -5.39. The maximum atomic E-state index is 14.5. The van der Waals surface area contributed by atoms with Crippen LogP contribution in [0.4, 0.5) is 0 Å². The summed E-state index contributed by atoms with van der Waals surface area (Å²) >= 11 is 0. The van der Waals surface area contributed by atoms with Gasteiger partial charge in [-0.1, -0.05) is 76.2 Å². The number of rotatable bonds is 28. The summed E-state index contributed by atoms with van der Waals surface area (Å²) in [7, 11) is 2.81. The zero-order valence-electron chi connectivity index (χ0n) is 80.6. The minimum atomic E-state index is -1.25. The van der Waals surface area contributed by atoms with E-state index in [1.165, 1.54) is 113 Å². The molecule has 4 atom stereocenters. The van der Waals surface area contributed by atoms with Crippen molar-refractivity contribution in [1.29, 1.82) is 0 Å². The van der Waals surface area contributed by atoms with Gasteiger partial charge in [0.25, 0.3) is 0 Å². The normalized spacial score (nSPS) is 31.6. The highest BCUT2D eigenvalue weighted by atomic mass is 16.6. The number of benzene rings is 8. The highest BCUT2D eigenvalue weighted by Crippen LogP contribution is 2.66. The Labute approximate surface area is 816 Å². The molecule has 4 unspecified atom stereocenters. The summed E-state index contributed by atoms with van der Waals surface area (Å²) in [5.41, 5.74) is 1.00. The molecular formula is C116H128O24. The van der Waals surface area contributed by atoms with Crippen molar-refractivity contribution in [3.63, 3.8) is 0 Å². The molecule has 6 N–H and O–H groups in total. The van der Waals surface area contributed by atoms with E-state index in [0.29, 0.717) is 95.3 Å². The third-order valence-electron chi connectivity index (χ3n) is 36.9. The van der Waals surface area contributed by atoms with Crippen LogP contribution in [0.1, 0.15) is 325 Å². The zero-order chi connectivity index (χ0) is 97.3. The van der Waals surface area contributed by atoms with E-state index in [9.17, 15) is 69.0 Å². The number of methoxy groups -OCH3 is 2. The molecule has 0 aliphatic heterocycles. The first kappa shape index (κ1) is 94.5. The molecule has 140 heavy (non-hydrogen) atoms. The van der Waals surface area contributed by atoms with Crippen molar-refractivity contribution in [2.45, 2.75) is 241 Å². The lowest BCUT2D eigenvalue weighted by molar-refractivity contribution is -0.213. The molecule has 8 aromatic carbocycles. The molecule has 0 saturated heterocycles. The first-order valence-electron chi connectivity index (χ1n) is 51.4. The molecule has 736 valence electrons. The van der Waals surface area contributed by atoms with Crippen LogP contribution in [0.25, 0.3) is 0 Å². The van der Waals surface area contributed by atoms with E-state index in [4.69, 9.17) is 47.4 Å². The molecule has 17 aliphatic rings. The largest absolute Gasteiger partial charge is 0.508 e. The smallest absolute Gasteiger partial charge is 0.344 e. The van der Waals surface area contributed by atoms with E-state index in [0.717, 1.165) is 103 Å². The number of carbonyl (C=O) groups excluding carboxylic acids is 8. The third-order valence-corrected chi connectivity index (χ3v) is 36.9. The van der Waals surface area contributed by atoms with Gasteiger partial charge in [-0.05, 0) is 378 Å². The summed E-state index contributed by atoms with van der Waals surface area (Å²) in [6.07, 6.45) is 23.4. The number of hydrogen-bond donors (Lipinski definition) is 6. The molecule has 17 aliphatic carbocycles. The standard InChI is InChI=1S/C116H128O24/c1-7-113(79-31-61-27-62(33-79)34-80(113)32-61)137-101(123)57-133-109(127)73-19-11-69(12-20-73)105-88-50-90(96(120)48-78(88)56-118)107(71-15-23-75(24-16-71)111(129)135-59-103(125)139-115(9-3)83-39-65-29-66(41-83)42-84(115)40-65)94-52-92(98(122)54-100(94)132-6)108(72-17-25-76(26-18-72)112(130)136-60-104(126)140-116(10-4)85-43-67-30-68(45-85)46-86(116)44-67)93-51-91(97(121)53-99(93)131-5)106(87-49-89(105)95(119)47-77(87)55-117)70-13-21-74(22-14-70)110(128)134-58-102(124)138-114(8-2)81-35-63-28-64(37-81)38-82(114)36-63/h11-26,47-54,61-68,79-86,105-108,117-122H,7-10,27-46,55-60H2,1-6H3. The molecular weight excluding hydrogens is 1780 g/mol. The van der Waals surface area contributed by atoms with Gasteiger partial charge in [-0.2, -0.15) is 0 Å². The highest BCUT2D eigenvalue weighted by Gasteiger charge is 2.63. The second-order valence-electron chi connectivity index (χ2n) is 43.7. The molecule has 16 fully saturated rings. The van der Waals surface area contributed by atoms with E-state index in [1.54, 1.807) is 72.8 Å². The van der Waals surface area contributed by atoms with Crippen molar-refractivity contribution in [2.75, 3.05) is 40.6 Å². The molecule has 24 nitrogen and oxygen atoms in total. The molecule has 0 radical (unpaired) electrons. The first-order valence-corrected chi connectivity index (χ1v) is 51.4. The van der Waals surface area contributed by atoms with E-state index in [1.807, 2.05) is 0 Å². The molecule has 0 spiro atoms. The van der Waals surface area contributed by atoms with Crippen molar-refractivity contribution >= 4 is 47.8 Å². The number of aromatic hydroxyl groups is 4. The van der Waals surface area contributed by atoms with Crippen LogP contribution in [0.15, 0.2) is 146 Å². The van der Waals surface area contributed by atoms with Crippen molar-refractivity contribution in [2.24, 2.45) is 94.7 Å². The molecule has 0 aromatic heterocycles. The summed E-state index contributed by atoms with van der Waals surface area (Å²) in [6.45, 7) is 4.19. The minimum Gasteiger partial charge on any atom is -0.508 e. The third kappa shape index (κ3) is 16.7.